The topological polar surface area (TPSA) is 37.3 Å². The van der Waals surface area contributed by atoms with Crippen molar-refractivity contribution in [2.45, 2.75) is 44.5 Å². The molecule has 0 aliphatic heterocycles. The van der Waals surface area contributed by atoms with E-state index in [0.717, 1.165) is 12.2 Å². The van der Waals surface area contributed by atoms with Crippen LogP contribution in [0.4, 0.5) is 4.39 Å². The standard InChI is InChI=1S/C9H17FO2S/c1-3-8(10)5-4-6-13-7(2)9(11)12/h7-8H,3-6H2,1-2H3,(H,11,12). The second-order valence-electron chi connectivity index (χ2n) is 3.00. The molecule has 13 heavy (non-hydrogen) atoms. The average Bonchev–Trinajstić information content (AvgIpc) is 2.11. The van der Waals surface area contributed by atoms with Gasteiger partial charge in [0, 0.05) is 0 Å². The quantitative estimate of drug-likeness (QED) is 0.654. The summed E-state index contributed by atoms with van der Waals surface area (Å²) >= 11 is 1.37. The molecule has 2 nitrogen and oxygen atoms in total. The molecule has 0 aromatic carbocycles. The van der Waals surface area contributed by atoms with Gasteiger partial charge in [-0.25, -0.2) is 4.39 Å². The molecule has 0 aliphatic rings. The first-order valence-electron chi connectivity index (χ1n) is 4.56. The van der Waals surface area contributed by atoms with E-state index in [1.165, 1.54) is 11.8 Å². The summed E-state index contributed by atoms with van der Waals surface area (Å²) in [6.07, 6.45) is 1.15. The van der Waals surface area contributed by atoms with Crippen molar-refractivity contribution in [1.29, 1.82) is 0 Å². The second-order valence-corrected chi connectivity index (χ2v) is 4.45. The Morgan fingerprint density at radius 3 is 2.69 bits per heavy atom. The lowest BCUT2D eigenvalue weighted by Gasteiger charge is -2.07. The molecular formula is C9H17FO2S. The molecule has 0 spiro atoms. The van der Waals surface area contributed by atoms with E-state index in [4.69, 9.17) is 5.11 Å². The van der Waals surface area contributed by atoms with Crippen LogP contribution < -0.4 is 0 Å². The zero-order chi connectivity index (χ0) is 10.3. The van der Waals surface area contributed by atoms with Crippen LogP contribution >= 0.6 is 11.8 Å². The summed E-state index contributed by atoms with van der Waals surface area (Å²) in [6, 6.07) is 0. The SMILES string of the molecule is CCC(F)CCCSC(C)C(=O)O. The van der Waals surface area contributed by atoms with Gasteiger partial charge in [0.15, 0.2) is 0 Å². The van der Waals surface area contributed by atoms with Crippen LogP contribution in [0.1, 0.15) is 33.1 Å². The van der Waals surface area contributed by atoms with Gasteiger partial charge < -0.3 is 5.11 Å². The predicted octanol–water partition coefficient (Wildman–Crippen LogP) is 2.72. The maximum absolute atomic E-state index is 12.7. The first-order valence-corrected chi connectivity index (χ1v) is 5.61. The van der Waals surface area contributed by atoms with Crippen molar-refractivity contribution in [1.82, 2.24) is 0 Å². The average molecular weight is 208 g/mol. The van der Waals surface area contributed by atoms with Crippen LogP contribution in [-0.4, -0.2) is 28.3 Å². The third-order valence-corrected chi connectivity index (χ3v) is 3.05. The lowest BCUT2D eigenvalue weighted by atomic mass is 10.2. The maximum atomic E-state index is 12.7. The molecule has 0 aromatic rings. The lowest BCUT2D eigenvalue weighted by Crippen LogP contribution is -2.12. The Labute approximate surface area is 82.9 Å². The molecule has 0 aliphatic carbocycles. The van der Waals surface area contributed by atoms with E-state index in [9.17, 15) is 9.18 Å². The number of carboxylic acid groups (broad SMARTS) is 1. The maximum Gasteiger partial charge on any atom is 0.316 e. The Morgan fingerprint density at radius 2 is 2.23 bits per heavy atom. The summed E-state index contributed by atoms with van der Waals surface area (Å²) in [4.78, 5) is 10.4. The molecule has 0 amide bonds. The number of hydrogen-bond acceptors (Lipinski definition) is 2. The number of carbonyl (C=O) groups is 1. The molecule has 0 saturated carbocycles. The summed E-state index contributed by atoms with van der Waals surface area (Å²) in [5.74, 6) is -0.0641. The van der Waals surface area contributed by atoms with Crippen LogP contribution in [0, 0.1) is 0 Å². The number of hydrogen-bond donors (Lipinski definition) is 1. The smallest absolute Gasteiger partial charge is 0.316 e. The molecule has 0 rings (SSSR count). The van der Waals surface area contributed by atoms with Crippen molar-refractivity contribution >= 4 is 17.7 Å². The summed E-state index contributed by atoms with van der Waals surface area (Å²) in [5, 5.41) is 8.17. The molecule has 0 aromatic heterocycles. The number of halogens is 1. The summed E-state index contributed by atoms with van der Waals surface area (Å²) in [6.45, 7) is 3.47. The van der Waals surface area contributed by atoms with Crippen molar-refractivity contribution in [2.24, 2.45) is 0 Å². The third kappa shape index (κ3) is 6.87. The molecule has 0 heterocycles. The van der Waals surface area contributed by atoms with Gasteiger partial charge in [-0.3, -0.25) is 4.79 Å². The van der Waals surface area contributed by atoms with E-state index in [0.29, 0.717) is 12.8 Å². The highest BCUT2D eigenvalue weighted by molar-refractivity contribution is 8.00. The van der Waals surface area contributed by atoms with E-state index < -0.39 is 12.1 Å². The van der Waals surface area contributed by atoms with Crippen molar-refractivity contribution in [2.75, 3.05) is 5.75 Å². The molecule has 0 bridgehead atoms. The fraction of sp³-hybridized carbons (Fsp3) is 0.889. The van der Waals surface area contributed by atoms with Crippen LogP contribution in [0.25, 0.3) is 0 Å². The van der Waals surface area contributed by atoms with Crippen LogP contribution in [0.2, 0.25) is 0 Å². The monoisotopic (exact) mass is 208 g/mol. The van der Waals surface area contributed by atoms with Gasteiger partial charge in [-0.15, -0.1) is 11.8 Å². The van der Waals surface area contributed by atoms with Crippen molar-refractivity contribution < 1.29 is 14.3 Å². The van der Waals surface area contributed by atoms with Gasteiger partial charge in [-0.1, -0.05) is 6.92 Å². The third-order valence-electron chi connectivity index (χ3n) is 1.82. The lowest BCUT2D eigenvalue weighted by molar-refractivity contribution is -0.136. The van der Waals surface area contributed by atoms with E-state index in [-0.39, 0.29) is 5.25 Å². The van der Waals surface area contributed by atoms with Gasteiger partial charge in [0.1, 0.15) is 0 Å². The Hall–Kier alpha value is -0.250. The molecule has 1 N–H and O–H groups in total. The highest BCUT2D eigenvalue weighted by Crippen LogP contribution is 2.15. The van der Waals surface area contributed by atoms with Crippen LogP contribution in [-0.2, 0) is 4.79 Å². The minimum Gasteiger partial charge on any atom is -0.480 e. The zero-order valence-corrected chi connectivity index (χ0v) is 8.94. The molecule has 0 saturated heterocycles. The molecule has 0 fully saturated rings. The van der Waals surface area contributed by atoms with E-state index in [1.54, 1.807) is 6.92 Å². The van der Waals surface area contributed by atoms with Crippen LogP contribution in [0.15, 0.2) is 0 Å². The number of aliphatic carboxylic acids is 1. The van der Waals surface area contributed by atoms with Crippen molar-refractivity contribution in [3.8, 4) is 0 Å². The molecule has 2 atom stereocenters. The van der Waals surface area contributed by atoms with Gasteiger partial charge >= 0.3 is 5.97 Å². The first kappa shape index (κ1) is 12.8. The second kappa shape index (κ2) is 7.18. The van der Waals surface area contributed by atoms with E-state index >= 15 is 0 Å². The highest BCUT2D eigenvalue weighted by Gasteiger charge is 2.10. The van der Waals surface area contributed by atoms with Gasteiger partial charge in [0.2, 0.25) is 0 Å². The first-order chi connectivity index (χ1) is 6.07. The number of carboxylic acids is 1. The van der Waals surface area contributed by atoms with Crippen LogP contribution in [0.5, 0.6) is 0 Å². The van der Waals surface area contributed by atoms with Gasteiger partial charge in [0.25, 0.3) is 0 Å². The summed E-state index contributed by atoms with van der Waals surface area (Å²) < 4.78 is 12.7. The fourth-order valence-electron chi connectivity index (χ4n) is 0.840. The minimum absolute atomic E-state index is 0.375. The predicted molar refractivity (Wildman–Crippen MR) is 54.0 cm³/mol. The van der Waals surface area contributed by atoms with Gasteiger partial charge in [-0.2, -0.15) is 0 Å². The normalized spacial score (nSPS) is 15.3. The Morgan fingerprint density at radius 1 is 1.62 bits per heavy atom. The van der Waals surface area contributed by atoms with Crippen LogP contribution in [0.3, 0.4) is 0 Å². The molecular weight excluding hydrogens is 191 g/mol. The summed E-state index contributed by atoms with van der Waals surface area (Å²) in [5.41, 5.74) is 0. The van der Waals surface area contributed by atoms with Crippen molar-refractivity contribution in [3.05, 3.63) is 0 Å². The zero-order valence-electron chi connectivity index (χ0n) is 8.12. The Kier molecular flexibility index (Phi) is 7.04. The van der Waals surface area contributed by atoms with Crippen molar-refractivity contribution in [3.63, 3.8) is 0 Å². The minimum atomic E-state index is -0.794. The highest BCUT2D eigenvalue weighted by atomic mass is 32.2. The number of alkyl halides is 1. The Balaban J connectivity index is 3.30. The van der Waals surface area contributed by atoms with E-state index in [1.807, 2.05) is 6.92 Å². The molecule has 0 radical (unpaired) electrons. The number of rotatable bonds is 7. The molecule has 78 valence electrons. The molecule has 2 unspecified atom stereocenters. The fourth-order valence-corrected chi connectivity index (χ4v) is 1.67. The van der Waals surface area contributed by atoms with Gasteiger partial charge in [0.05, 0.1) is 11.4 Å². The summed E-state index contributed by atoms with van der Waals surface area (Å²) in [7, 11) is 0. The van der Waals surface area contributed by atoms with Gasteiger partial charge in [-0.05, 0) is 31.9 Å². The Bertz CT molecular complexity index is 153. The van der Waals surface area contributed by atoms with E-state index in [2.05, 4.69) is 0 Å². The largest absolute Gasteiger partial charge is 0.480 e. The molecule has 4 heteroatoms. The number of thioether (sulfide) groups is 1.